The van der Waals surface area contributed by atoms with Gasteiger partial charge in [0.15, 0.2) is 5.82 Å². The highest BCUT2D eigenvalue weighted by atomic mass is 19.1. The summed E-state index contributed by atoms with van der Waals surface area (Å²) in [4.78, 5) is 12.8. The molecule has 0 radical (unpaired) electrons. The minimum atomic E-state index is -1.000. The second kappa shape index (κ2) is 4.25. The fourth-order valence-corrected chi connectivity index (χ4v) is 1.10. The number of amides is 1. The zero-order chi connectivity index (χ0) is 11.6. The van der Waals surface area contributed by atoms with E-state index in [2.05, 4.69) is 0 Å². The van der Waals surface area contributed by atoms with Crippen LogP contribution in [0.4, 0.5) is 14.5 Å². The summed E-state index contributed by atoms with van der Waals surface area (Å²) in [6.07, 6.45) is 0. The van der Waals surface area contributed by atoms with Crippen LogP contribution < -0.4 is 5.73 Å². The van der Waals surface area contributed by atoms with Gasteiger partial charge >= 0.3 is 0 Å². The number of nitrogens with two attached hydrogens (primary N) is 1. The SMILES string of the molecule is CCN(C)C(=O)c1c(F)ccc(N)c1F. The van der Waals surface area contributed by atoms with Crippen LogP contribution in [0.25, 0.3) is 0 Å². The first-order valence-electron chi connectivity index (χ1n) is 4.48. The maximum atomic E-state index is 13.4. The highest BCUT2D eigenvalue weighted by Crippen LogP contribution is 2.19. The van der Waals surface area contributed by atoms with E-state index < -0.39 is 23.1 Å². The first-order valence-corrected chi connectivity index (χ1v) is 4.48. The Morgan fingerprint density at radius 1 is 1.47 bits per heavy atom. The number of carbonyl (C=O) groups is 1. The second-order valence-electron chi connectivity index (χ2n) is 3.14. The molecule has 0 heterocycles. The molecule has 0 saturated heterocycles. The van der Waals surface area contributed by atoms with E-state index in [-0.39, 0.29) is 5.69 Å². The molecule has 3 nitrogen and oxygen atoms in total. The molecule has 1 aromatic rings. The quantitative estimate of drug-likeness (QED) is 0.761. The van der Waals surface area contributed by atoms with Crippen molar-refractivity contribution < 1.29 is 13.6 Å². The zero-order valence-electron chi connectivity index (χ0n) is 8.55. The molecule has 0 aliphatic rings. The van der Waals surface area contributed by atoms with Gasteiger partial charge in [0.2, 0.25) is 0 Å². The molecule has 1 amide bonds. The third kappa shape index (κ3) is 2.06. The molecule has 0 spiro atoms. The fraction of sp³-hybridized carbons (Fsp3) is 0.300. The van der Waals surface area contributed by atoms with E-state index in [1.807, 2.05) is 0 Å². The van der Waals surface area contributed by atoms with Gasteiger partial charge in [0.25, 0.3) is 5.91 Å². The van der Waals surface area contributed by atoms with Crippen molar-refractivity contribution in [3.63, 3.8) is 0 Å². The Balaban J connectivity index is 3.24. The highest BCUT2D eigenvalue weighted by molar-refractivity contribution is 5.95. The lowest BCUT2D eigenvalue weighted by atomic mass is 10.1. The molecule has 5 heteroatoms. The van der Waals surface area contributed by atoms with Gasteiger partial charge in [0, 0.05) is 13.6 Å². The van der Waals surface area contributed by atoms with Crippen molar-refractivity contribution in [3.8, 4) is 0 Å². The summed E-state index contributed by atoms with van der Waals surface area (Å²) in [5.74, 6) is -2.60. The lowest BCUT2D eigenvalue weighted by Crippen LogP contribution is -2.28. The van der Waals surface area contributed by atoms with Gasteiger partial charge in [0.05, 0.1) is 5.69 Å². The molecule has 0 aliphatic carbocycles. The molecule has 0 atom stereocenters. The Labute approximate surface area is 86.5 Å². The molecule has 0 bridgehead atoms. The lowest BCUT2D eigenvalue weighted by Gasteiger charge is -2.15. The summed E-state index contributed by atoms with van der Waals surface area (Å²) in [5.41, 5.74) is 4.43. The predicted octanol–water partition coefficient (Wildman–Crippen LogP) is 1.64. The van der Waals surface area contributed by atoms with Gasteiger partial charge in [-0.1, -0.05) is 0 Å². The van der Waals surface area contributed by atoms with Crippen LogP contribution in [0.2, 0.25) is 0 Å². The molecule has 2 N–H and O–H groups in total. The van der Waals surface area contributed by atoms with Crippen LogP contribution in [0.15, 0.2) is 12.1 Å². The molecule has 1 rings (SSSR count). The number of hydrogen-bond acceptors (Lipinski definition) is 2. The van der Waals surface area contributed by atoms with Gasteiger partial charge in [0.1, 0.15) is 11.4 Å². The van der Waals surface area contributed by atoms with E-state index in [1.165, 1.54) is 11.9 Å². The number of carbonyl (C=O) groups excluding carboxylic acids is 1. The van der Waals surface area contributed by atoms with E-state index >= 15 is 0 Å². The molecule has 82 valence electrons. The molecule has 1 aromatic carbocycles. The van der Waals surface area contributed by atoms with Crippen molar-refractivity contribution >= 4 is 11.6 Å². The largest absolute Gasteiger partial charge is 0.396 e. The van der Waals surface area contributed by atoms with Crippen molar-refractivity contribution in [2.45, 2.75) is 6.92 Å². The first-order chi connectivity index (χ1) is 6.99. The van der Waals surface area contributed by atoms with Crippen LogP contribution in [0, 0.1) is 11.6 Å². The summed E-state index contributed by atoms with van der Waals surface area (Å²) in [7, 11) is 1.46. The molecule has 0 saturated carbocycles. The molecular formula is C10H12F2N2O. The monoisotopic (exact) mass is 214 g/mol. The first kappa shape index (κ1) is 11.4. The molecule has 0 fully saturated rings. The summed E-state index contributed by atoms with van der Waals surface area (Å²) >= 11 is 0. The van der Waals surface area contributed by atoms with Crippen LogP contribution in [-0.4, -0.2) is 24.4 Å². The molecular weight excluding hydrogens is 202 g/mol. The number of hydrogen-bond donors (Lipinski definition) is 1. The van der Waals surface area contributed by atoms with Crippen LogP contribution in [0.5, 0.6) is 0 Å². The Morgan fingerprint density at radius 3 is 2.60 bits per heavy atom. The predicted molar refractivity (Wildman–Crippen MR) is 53.4 cm³/mol. The maximum absolute atomic E-state index is 13.4. The maximum Gasteiger partial charge on any atom is 0.259 e. The number of nitrogen functional groups attached to an aromatic ring is 1. The van der Waals surface area contributed by atoms with E-state index in [1.54, 1.807) is 6.92 Å². The standard InChI is InChI=1S/C10H12F2N2O/c1-3-14(2)10(15)8-6(11)4-5-7(13)9(8)12/h4-5H,3,13H2,1-2H3. The molecule has 0 unspecified atom stereocenters. The van der Waals surface area contributed by atoms with Crippen molar-refractivity contribution in [3.05, 3.63) is 29.3 Å². The Bertz CT molecular complexity index is 393. The summed E-state index contributed by atoms with van der Waals surface area (Å²) in [5, 5.41) is 0. The number of benzene rings is 1. The smallest absolute Gasteiger partial charge is 0.259 e. The van der Waals surface area contributed by atoms with Gasteiger partial charge in [-0.3, -0.25) is 4.79 Å². The third-order valence-corrected chi connectivity index (χ3v) is 2.16. The van der Waals surface area contributed by atoms with Crippen LogP contribution in [0.3, 0.4) is 0 Å². The third-order valence-electron chi connectivity index (χ3n) is 2.16. The molecule has 0 aromatic heterocycles. The van der Waals surface area contributed by atoms with Gasteiger partial charge in [-0.05, 0) is 19.1 Å². The van der Waals surface area contributed by atoms with Gasteiger partial charge in [-0.15, -0.1) is 0 Å². The van der Waals surface area contributed by atoms with Gasteiger partial charge < -0.3 is 10.6 Å². The second-order valence-corrected chi connectivity index (χ2v) is 3.14. The summed E-state index contributed by atoms with van der Waals surface area (Å²) < 4.78 is 26.6. The summed E-state index contributed by atoms with van der Waals surface area (Å²) in [6.45, 7) is 2.08. The highest BCUT2D eigenvalue weighted by Gasteiger charge is 2.21. The fourth-order valence-electron chi connectivity index (χ4n) is 1.10. The van der Waals surface area contributed by atoms with E-state index in [9.17, 15) is 13.6 Å². The minimum absolute atomic E-state index is 0.232. The van der Waals surface area contributed by atoms with Crippen molar-refractivity contribution in [1.82, 2.24) is 4.90 Å². The number of halogens is 2. The average molecular weight is 214 g/mol. The van der Waals surface area contributed by atoms with Crippen LogP contribution in [-0.2, 0) is 0 Å². The number of nitrogens with zero attached hydrogens (tertiary/aromatic N) is 1. The molecule has 15 heavy (non-hydrogen) atoms. The lowest BCUT2D eigenvalue weighted by molar-refractivity contribution is 0.0793. The van der Waals surface area contributed by atoms with Crippen LogP contribution >= 0.6 is 0 Å². The average Bonchev–Trinajstić information content (AvgIpc) is 2.22. The summed E-state index contributed by atoms with van der Waals surface area (Å²) in [6, 6.07) is 2.07. The van der Waals surface area contributed by atoms with Crippen molar-refractivity contribution in [1.29, 1.82) is 0 Å². The Hall–Kier alpha value is -1.65. The minimum Gasteiger partial charge on any atom is -0.396 e. The zero-order valence-corrected chi connectivity index (χ0v) is 8.55. The van der Waals surface area contributed by atoms with Gasteiger partial charge in [-0.2, -0.15) is 0 Å². The topological polar surface area (TPSA) is 46.3 Å². The molecule has 0 aliphatic heterocycles. The number of anilines is 1. The van der Waals surface area contributed by atoms with E-state index in [0.717, 1.165) is 12.1 Å². The van der Waals surface area contributed by atoms with E-state index in [0.29, 0.717) is 6.54 Å². The van der Waals surface area contributed by atoms with Crippen molar-refractivity contribution in [2.75, 3.05) is 19.3 Å². The van der Waals surface area contributed by atoms with Gasteiger partial charge in [-0.25, -0.2) is 8.78 Å². The van der Waals surface area contributed by atoms with Crippen molar-refractivity contribution in [2.24, 2.45) is 0 Å². The number of rotatable bonds is 2. The normalized spacial score (nSPS) is 10.1. The Morgan fingerprint density at radius 2 is 2.07 bits per heavy atom. The Kier molecular flexibility index (Phi) is 3.24. The van der Waals surface area contributed by atoms with E-state index in [4.69, 9.17) is 5.73 Å². The van der Waals surface area contributed by atoms with Crippen LogP contribution in [0.1, 0.15) is 17.3 Å².